The molecule has 0 bridgehead atoms. The Morgan fingerprint density at radius 1 is 0.415 bits per heavy atom. The van der Waals surface area contributed by atoms with E-state index in [4.69, 9.17) is 0 Å². The molecule has 3 rings (SSSR count). The van der Waals surface area contributed by atoms with Crippen LogP contribution in [-0.2, 0) is 24.7 Å². The van der Waals surface area contributed by atoms with Gasteiger partial charge >= 0.3 is 24.7 Å². The van der Waals surface area contributed by atoms with Gasteiger partial charge in [-0.3, -0.25) is 9.59 Å². The predicted molar refractivity (Wildman–Crippen MR) is 122 cm³/mol. The highest BCUT2D eigenvalue weighted by Gasteiger charge is 2.39. The maximum Gasteiger partial charge on any atom is 0.416 e. The summed E-state index contributed by atoms with van der Waals surface area (Å²) < 4.78 is 158. The highest BCUT2D eigenvalue weighted by atomic mass is 19.4. The molecule has 0 radical (unpaired) electrons. The van der Waals surface area contributed by atoms with Gasteiger partial charge in [-0.1, -0.05) is 13.8 Å². The van der Waals surface area contributed by atoms with Gasteiger partial charge in [-0.15, -0.1) is 0 Å². The standard InChI is InChI=1S/C25H12F12O2.C2H6/c1-11-2-12(20(38)14-5-16(22(26,27)28)9-17(6-14)23(29,30)31)4-13(3-11)21(39)15-7-18(24(32,33)34)10-19(8-15)25(35,36)37;1-2/h2-10H,1H3;1-2H3. The van der Waals surface area contributed by atoms with Gasteiger partial charge in [0, 0.05) is 22.3 Å². The fourth-order valence-corrected chi connectivity index (χ4v) is 3.55. The van der Waals surface area contributed by atoms with Crippen LogP contribution in [0.1, 0.15) is 73.5 Å². The van der Waals surface area contributed by atoms with Crippen molar-refractivity contribution in [3.05, 3.63) is 105 Å². The van der Waals surface area contributed by atoms with Crippen molar-refractivity contribution < 1.29 is 62.3 Å². The van der Waals surface area contributed by atoms with E-state index in [0.29, 0.717) is 6.07 Å². The normalized spacial score (nSPS) is 12.5. The average Bonchev–Trinajstić information content (AvgIpc) is 2.86. The number of rotatable bonds is 4. The quantitative estimate of drug-likeness (QED) is 0.220. The first-order valence-corrected chi connectivity index (χ1v) is 11.4. The lowest BCUT2D eigenvalue weighted by Gasteiger charge is -2.15. The molecule has 0 atom stereocenters. The molecule has 0 aliphatic rings. The smallest absolute Gasteiger partial charge is 0.289 e. The second-order valence-corrected chi connectivity index (χ2v) is 8.34. The van der Waals surface area contributed by atoms with Gasteiger partial charge in [0.25, 0.3) is 0 Å². The predicted octanol–water partition coefficient (Wildman–Crippen LogP) is 9.56. The summed E-state index contributed by atoms with van der Waals surface area (Å²) >= 11 is 0. The maximum absolute atomic E-state index is 13.2. The van der Waals surface area contributed by atoms with E-state index in [1.54, 1.807) is 0 Å². The first-order valence-electron chi connectivity index (χ1n) is 11.4. The Morgan fingerprint density at radius 2 is 0.634 bits per heavy atom. The zero-order valence-electron chi connectivity index (χ0n) is 21.0. The number of aryl methyl sites for hydroxylation is 1. The molecule has 0 saturated carbocycles. The third-order valence-corrected chi connectivity index (χ3v) is 5.30. The van der Waals surface area contributed by atoms with E-state index in [9.17, 15) is 62.3 Å². The molecule has 14 heteroatoms. The van der Waals surface area contributed by atoms with Crippen LogP contribution in [0.15, 0.2) is 54.6 Å². The van der Waals surface area contributed by atoms with Crippen molar-refractivity contribution in [2.45, 2.75) is 45.5 Å². The molecule has 0 saturated heterocycles. The van der Waals surface area contributed by atoms with Gasteiger partial charge in [0.15, 0.2) is 11.6 Å². The van der Waals surface area contributed by atoms with E-state index in [1.807, 2.05) is 13.8 Å². The molecular formula is C27H18F12O2. The largest absolute Gasteiger partial charge is 0.416 e. The number of ketones is 2. The molecule has 0 amide bonds. The number of alkyl halides is 12. The molecule has 3 aromatic rings. The molecule has 0 unspecified atom stereocenters. The number of carbonyl (C=O) groups excluding carboxylic acids is 2. The topological polar surface area (TPSA) is 34.1 Å². The minimum atomic E-state index is -5.27. The van der Waals surface area contributed by atoms with Gasteiger partial charge in [-0.25, -0.2) is 0 Å². The van der Waals surface area contributed by atoms with Crippen LogP contribution in [0.5, 0.6) is 0 Å². The lowest BCUT2D eigenvalue weighted by Crippen LogP contribution is -2.15. The maximum atomic E-state index is 13.2. The minimum absolute atomic E-state index is 0.00948. The zero-order chi connectivity index (χ0) is 31.7. The van der Waals surface area contributed by atoms with E-state index < -0.39 is 80.8 Å². The summed E-state index contributed by atoms with van der Waals surface area (Å²) in [6.45, 7) is 5.23. The second-order valence-electron chi connectivity index (χ2n) is 8.34. The van der Waals surface area contributed by atoms with Crippen molar-refractivity contribution in [3.8, 4) is 0 Å². The summed E-state index contributed by atoms with van der Waals surface area (Å²) in [5, 5.41) is 0. The Kier molecular flexibility index (Phi) is 9.42. The van der Waals surface area contributed by atoms with Crippen molar-refractivity contribution >= 4 is 11.6 Å². The van der Waals surface area contributed by atoms with Gasteiger partial charge in [-0.05, 0) is 67.1 Å². The van der Waals surface area contributed by atoms with E-state index in [0.717, 1.165) is 12.1 Å². The summed E-state index contributed by atoms with van der Waals surface area (Å²) in [6, 6.07) is 2.74. The van der Waals surface area contributed by atoms with E-state index >= 15 is 0 Å². The third kappa shape index (κ3) is 8.10. The molecule has 3 aromatic carbocycles. The number of benzene rings is 3. The molecular weight excluding hydrogens is 584 g/mol. The van der Waals surface area contributed by atoms with Crippen LogP contribution >= 0.6 is 0 Å². The Labute approximate surface area is 224 Å². The van der Waals surface area contributed by atoms with Crippen LogP contribution in [0.25, 0.3) is 0 Å². The van der Waals surface area contributed by atoms with Gasteiger partial charge in [0.2, 0.25) is 0 Å². The molecule has 0 N–H and O–H groups in total. The van der Waals surface area contributed by atoms with Gasteiger partial charge in [0.1, 0.15) is 0 Å². The monoisotopic (exact) mass is 602 g/mol. The van der Waals surface area contributed by atoms with Crippen molar-refractivity contribution in [2.75, 3.05) is 0 Å². The summed E-state index contributed by atoms with van der Waals surface area (Å²) in [5.41, 5.74) is -10.6. The summed E-state index contributed by atoms with van der Waals surface area (Å²) in [7, 11) is 0. The molecule has 41 heavy (non-hydrogen) atoms. The Balaban J connectivity index is 0.00000287. The van der Waals surface area contributed by atoms with Crippen molar-refractivity contribution in [3.63, 3.8) is 0 Å². The fourth-order valence-electron chi connectivity index (χ4n) is 3.55. The summed E-state index contributed by atoms with van der Waals surface area (Å²) in [5.74, 6) is -2.83. The molecule has 0 spiro atoms. The van der Waals surface area contributed by atoms with Gasteiger partial charge < -0.3 is 0 Å². The fraction of sp³-hybridized carbons (Fsp3) is 0.259. The van der Waals surface area contributed by atoms with Crippen LogP contribution in [0.2, 0.25) is 0 Å². The number of hydrogen-bond acceptors (Lipinski definition) is 2. The molecule has 222 valence electrons. The molecule has 0 aromatic heterocycles. The van der Waals surface area contributed by atoms with Gasteiger partial charge in [-0.2, -0.15) is 52.7 Å². The molecule has 0 heterocycles. The first kappa shape index (κ1) is 33.4. The van der Waals surface area contributed by atoms with Crippen LogP contribution in [0.4, 0.5) is 52.7 Å². The lowest BCUT2D eigenvalue weighted by atomic mass is 9.92. The van der Waals surface area contributed by atoms with E-state index in [-0.39, 0.29) is 42.0 Å². The number of hydrogen-bond donors (Lipinski definition) is 0. The number of halogens is 12. The summed E-state index contributed by atoms with van der Waals surface area (Å²) in [4.78, 5) is 25.8. The van der Waals surface area contributed by atoms with Crippen molar-refractivity contribution in [1.82, 2.24) is 0 Å². The van der Waals surface area contributed by atoms with Crippen LogP contribution in [-0.4, -0.2) is 11.6 Å². The second kappa shape index (κ2) is 11.6. The Morgan fingerprint density at radius 3 is 0.854 bits per heavy atom. The van der Waals surface area contributed by atoms with Crippen molar-refractivity contribution in [1.29, 1.82) is 0 Å². The third-order valence-electron chi connectivity index (χ3n) is 5.30. The number of carbonyl (C=O) groups is 2. The van der Waals surface area contributed by atoms with Crippen LogP contribution in [0.3, 0.4) is 0 Å². The minimum Gasteiger partial charge on any atom is -0.289 e. The lowest BCUT2D eigenvalue weighted by molar-refractivity contribution is -0.144. The molecule has 0 fully saturated rings. The SMILES string of the molecule is CC.Cc1cc(C(=O)c2cc(C(F)(F)F)cc(C(F)(F)F)c2)cc(C(=O)c2cc(C(F)(F)F)cc(C(F)(F)F)c2)c1. The van der Waals surface area contributed by atoms with Crippen LogP contribution in [0, 0.1) is 6.92 Å². The first-order chi connectivity index (χ1) is 18.6. The molecule has 0 aliphatic carbocycles. The van der Waals surface area contributed by atoms with Gasteiger partial charge in [0.05, 0.1) is 22.3 Å². The Hall–Kier alpha value is -3.84. The van der Waals surface area contributed by atoms with Crippen LogP contribution < -0.4 is 0 Å². The highest BCUT2D eigenvalue weighted by Crippen LogP contribution is 2.38. The summed E-state index contributed by atoms with van der Waals surface area (Å²) in [6.07, 6.45) is -21.1. The van der Waals surface area contributed by atoms with E-state index in [1.165, 1.54) is 6.92 Å². The zero-order valence-corrected chi connectivity index (χ0v) is 21.0. The molecule has 2 nitrogen and oxygen atoms in total. The Bertz CT molecular complexity index is 1270. The van der Waals surface area contributed by atoms with Crippen molar-refractivity contribution in [2.24, 2.45) is 0 Å². The van der Waals surface area contributed by atoms with E-state index in [2.05, 4.69) is 0 Å². The molecule has 0 aliphatic heterocycles. The average molecular weight is 602 g/mol. The highest BCUT2D eigenvalue weighted by molar-refractivity contribution is 6.13.